The van der Waals surface area contributed by atoms with Crippen LogP contribution in [0.1, 0.15) is 36.3 Å². The van der Waals surface area contributed by atoms with Gasteiger partial charge in [-0.15, -0.1) is 0 Å². The Labute approximate surface area is 102 Å². The molecule has 0 saturated heterocycles. The van der Waals surface area contributed by atoms with Crippen LogP contribution >= 0.6 is 0 Å². The van der Waals surface area contributed by atoms with Crippen molar-refractivity contribution in [2.75, 3.05) is 0 Å². The summed E-state index contributed by atoms with van der Waals surface area (Å²) in [6, 6.07) is 4.34. The molecule has 2 N–H and O–H groups in total. The largest absolute Gasteiger partial charge is 0.325 e. The van der Waals surface area contributed by atoms with Crippen molar-refractivity contribution in [3.8, 4) is 0 Å². The van der Waals surface area contributed by atoms with Gasteiger partial charge in [0.25, 0.3) is 0 Å². The second-order valence-corrected chi connectivity index (χ2v) is 5.43. The highest BCUT2D eigenvalue weighted by Crippen LogP contribution is 2.36. The monoisotopic (exact) mass is 229 g/mol. The van der Waals surface area contributed by atoms with Crippen molar-refractivity contribution in [2.45, 2.75) is 45.1 Å². The summed E-state index contributed by atoms with van der Waals surface area (Å²) >= 11 is 0. The summed E-state index contributed by atoms with van der Waals surface area (Å²) in [5.41, 5.74) is 9.98. The minimum atomic E-state index is 0.119. The molecule has 2 aromatic rings. The fourth-order valence-corrected chi connectivity index (χ4v) is 2.38. The molecule has 0 aliphatic heterocycles. The Morgan fingerprint density at radius 2 is 2.18 bits per heavy atom. The van der Waals surface area contributed by atoms with E-state index >= 15 is 0 Å². The summed E-state index contributed by atoms with van der Waals surface area (Å²) in [5.74, 6) is 1.07. The average Bonchev–Trinajstić information content (AvgIpc) is 2.94. The molecular formula is C14H19N3. The summed E-state index contributed by atoms with van der Waals surface area (Å²) in [6.07, 6.45) is 6.52. The molecule has 1 fully saturated rings. The molecule has 0 aromatic carbocycles. The Morgan fingerprint density at radius 1 is 1.41 bits per heavy atom. The first kappa shape index (κ1) is 10.8. The van der Waals surface area contributed by atoms with E-state index in [1.165, 1.54) is 29.6 Å². The summed E-state index contributed by atoms with van der Waals surface area (Å²) in [7, 11) is 0. The molecule has 2 heterocycles. The fourth-order valence-electron chi connectivity index (χ4n) is 2.38. The lowest BCUT2D eigenvalue weighted by Crippen LogP contribution is -2.22. The Bertz CT molecular complexity index is 564. The van der Waals surface area contributed by atoms with Gasteiger partial charge >= 0.3 is 0 Å². The van der Waals surface area contributed by atoms with Crippen molar-refractivity contribution in [3.63, 3.8) is 0 Å². The number of aryl methyl sites for hydroxylation is 3. The molecule has 3 heteroatoms. The average molecular weight is 229 g/mol. The number of fused-ring (bicyclic) bond motifs is 1. The van der Waals surface area contributed by atoms with E-state index in [1.807, 2.05) is 0 Å². The Hall–Kier alpha value is -1.35. The molecule has 17 heavy (non-hydrogen) atoms. The van der Waals surface area contributed by atoms with Gasteiger partial charge in [-0.2, -0.15) is 0 Å². The molecule has 1 aliphatic rings. The first-order chi connectivity index (χ1) is 8.07. The van der Waals surface area contributed by atoms with Gasteiger partial charge in [0, 0.05) is 11.7 Å². The lowest BCUT2D eigenvalue weighted by molar-refractivity contribution is 0.605. The number of rotatable bonds is 3. The molecule has 3 rings (SSSR count). The van der Waals surface area contributed by atoms with Gasteiger partial charge in [0.2, 0.25) is 0 Å². The smallest absolute Gasteiger partial charge is 0.110 e. The third-order valence-electron chi connectivity index (χ3n) is 3.80. The van der Waals surface area contributed by atoms with Crippen LogP contribution in [-0.2, 0) is 6.42 Å². The van der Waals surface area contributed by atoms with Crippen LogP contribution in [0.4, 0.5) is 0 Å². The number of hydrogen-bond acceptors (Lipinski definition) is 2. The summed E-state index contributed by atoms with van der Waals surface area (Å²) < 4.78 is 2.17. The second-order valence-electron chi connectivity index (χ2n) is 5.43. The van der Waals surface area contributed by atoms with Crippen LogP contribution in [0.25, 0.3) is 5.52 Å². The van der Waals surface area contributed by atoms with Crippen molar-refractivity contribution in [2.24, 2.45) is 5.73 Å². The normalized spacial score (nSPS) is 17.6. The van der Waals surface area contributed by atoms with Gasteiger partial charge in [0.15, 0.2) is 0 Å². The van der Waals surface area contributed by atoms with Crippen molar-refractivity contribution < 1.29 is 0 Å². The number of nitrogens with two attached hydrogens (primary N) is 1. The highest BCUT2D eigenvalue weighted by atomic mass is 15.0. The molecule has 1 aliphatic carbocycles. The molecule has 1 saturated carbocycles. The molecule has 0 amide bonds. The third kappa shape index (κ3) is 1.95. The number of pyridine rings is 1. The molecule has 0 bridgehead atoms. The van der Waals surface area contributed by atoms with Gasteiger partial charge in [0.1, 0.15) is 5.82 Å². The van der Waals surface area contributed by atoms with Crippen LogP contribution < -0.4 is 5.73 Å². The number of nitrogens with zero attached hydrogens (tertiary/aromatic N) is 2. The standard InChI is InChI=1S/C14H19N3/c1-10-4-8-17-11(2)16-12(13(17)9-10)3-5-14(15)6-7-14/h4,8-9H,3,5-7,15H2,1-2H3. The zero-order valence-corrected chi connectivity index (χ0v) is 10.5. The highest BCUT2D eigenvalue weighted by Gasteiger charge is 2.37. The zero-order valence-electron chi connectivity index (χ0n) is 10.5. The molecule has 2 aromatic heterocycles. The Kier molecular flexibility index (Phi) is 2.26. The van der Waals surface area contributed by atoms with Gasteiger partial charge in [-0.3, -0.25) is 0 Å². The first-order valence-corrected chi connectivity index (χ1v) is 6.30. The molecule has 90 valence electrons. The van der Waals surface area contributed by atoms with Gasteiger partial charge in [-0.25, -0.2) is 4.98 Å². The number of aromatic nitrogens is 2. The lowest BCUT2D eigenvalue weighted by atomic mass is 10.1. The second kappa shape index (κ2) is 3.57. The molecular weight excluding hydrogens is 210 g/mol. The van der Waals surface area contributed by atoms with E-state index in [0.717, 1.165) is 18.7 Å². The predicted octanol–water partition coefficient (Wildman–Crippen LogP) is 2.38. The summed E-state index contributed by atoms with van der Waals surface area (Å²) in [5, 5.41) is 0. The van der Waals surface area contributed by atoms with Crippen LogP contribution in [0.3, 0.4) is 0 Å². The van der Waals surface area contributed by atoms with Crippen molar-refractivity contribution in [3.05, 3.63) is 35.4 Å². The van der Waals surface area contributed by atoms with Crippen molar-refractivity contribution >= 4 is 5.52 Å². The van der Waals surface area contributed by atoms with E-state index in [4.69, 9.17) is 5.73 Å². The van der Waals surface area contributed by atoms with Crippen LogP contribution in [0.5, 0.6) is 0 Å². The maximum atomic E-state index is 6.14. The predicted molar refractivity (Wildman–Crippen MR) is 69.1 cm³/mol. The van der Waals surface area contributed by atoms with Crippen LogP contribution in [0, 0.1) is 13.8 Å². The summed E-state index contributed by atoms with van der Waals surface area (Å²) in [6.45, 7) is 4.18. The first-order valence-electron chi connectivity index (χ1n) is 6.30. The van der Waals surface area contributed by atoms with Crippen LogP contribution in [0.15, 0.2) is 18.3 Å². The maximum absolute atomic E-state index is 6.14. The van der Waals surface area contributed by atoms with E-state index in [-0.39, 0.29) is 5.54 Å². The highest BCUT2D eigenvalue weighted by molar-refractivity contribution is 5.55. The van der Waals surface area contributed by atoms with Crippen LogP contribution in [-0.4, -0.2) is 14.9 Å². The number of imidazole rings is 1. The van der Waals surface area contributed by atoms with E-state index < -0.39 is 0 Å². The summed E-state index contributed by atoms with van der Waals surface area (Å²) in [4.78, 5) is 4.67. The SMILES string of the molecule is Cc1ccn2c(C)nc(CCC3(N)CC3)c2c1. The van der Waals surface area contributed by atoms with Gasteiger partial charge in [0.05, 0.1) is 11.2 Å². The molecule has 3 nitrogen and oxygen atoms in total. The molecule has 0 unspecified atom stereocenters. The molecule has 0 spiro atoms. The Morgan fingerprint density at radius 3 is 2.88 bits per heavy atom. The minimum Gasteiger partial charge on any atom is -0.325 e. The van der Waals surface area contributed by atoms with Gasteiger partial charge < -0.3 is 10.1 Å². The van der Waals surface area contributed by atoms with E-state index in [0.29, 0.717) is 0 Å². The van der Waals surface area contributed by atoms with Crippen molar-refractivity contribution in [1.82, 2.24) is 9.38 Å². The topological polar surface area (TPSA) is 43.3 Å². The van der Waals surface area contributed by atoms with E-state index in [1.54, 1.807) is 0 Å². The zero-order chi connectivity index (χ0) is 12.0. The number of hydrogen-bond donors (Lipinski definition) is 1. The fraction of sp³-hybridized carbons (Fsp3) is 0.500. The third-order valence-corrected chi connectivity index (χ3v) is 3.80. The lowest BCUT2D eigenvalue weighted by Gasteiger charge is -2.06. The van der Waals surface area contributed by atoms with E-state index in [9.17, 15) is 0 Å². The quantitative estimate of drug-likeness (QED) is 0.878. The Balaban J connectivity index is 1.95. The minimum absolute atomic E-state index is 0.119. The van der Waals surface area contributed by atoms with Crippen molar-refractivity contribution in [1.29, 1.82) is 0 Å². The molecule has 0 radical (unpaired) electrons. The van der Waals surface area contributed by atoms with Gasteiger partial charge in [-0.1, -0.05) is 0 Å². The molecule has 0 atom stereocenters. The van der Waals surface area contributed by atoms with Gasteiger partial charge in [-0.05, 0) is 57.2 Å². The van der Waals surface area contributed by atoms with E-state index in [2.05, 4.69) is 41.6 Å². The van der Waals surface area contributed by atoms with Crippen LogP contribution in [0.2, 0.25) is 0 Å². The maximum Gasteiger partial charge on any atom is 0.110 e.